The van der Waals surface area contributed by atoms with Crippen molar-refractivity contribution in [1.29, 1.82) is 0 Å². The Hall–Kier alpha value is -2.04. The molecule has 1 heterocycles. The van der Waals surface area contributed by atoms with Crippen molar-refractivity contribution in [2.75, 3.05) is 32.6 Å². The largest absolute Gasteiger partial charge is 0.453 e. The Morgan fingerprint density at radius 1 is 1.17 bits per heavy atom. The maximum Gasteiger partial charge on any atom is 0.411 e. The highest BCUT2D eigenvalue weighted by atomic mass is 127. The number of hydrogen-bond donors (Lipinski definition) is 3. The SMILES string of the molecule is CN=C(NCc1ccc(NC(=O)OC)cc1)NC1CCN(C(=O)C2CCCC2)C1.I. The number of nitrogens with one attached hydrogen (secondary N) is 3. The van der Waals surface area contributed by atoms with Gasteiger partial charge in [-0.3, -0.25) is 15.1 Å². The van der Waals surface area contributed by atoms with Gasteiger partial charge in [0.2, 0.25) is 5.91 Å². The van der Waals surface area contributed by atoms with E-state index in [1.54, 1.807) is 7.05 Å². The van der Waals surface area contributed by atoms with Crippen molar-refractivity contribution in [2.24, 2.45) is 10.9 Å². The molecule has 1 aliphatic carbocycles. The molecule has 9 heteroatoms. The lowest BCUT2D eigenvalue weighted by molar-refractivity contribution is -0.134. The number of carbonyl (C=O) groups excluding carboxylic acids is 2. The van der Waals surface area contributed by atoms with E-state index >= 15 is 0 Å². The summed E-state index contributed by atoms with van der Waals surface area (Å²) >= 11 is 0. The minimum Gasteiger partial charge on any atom is -0.453 e. The fourth-order valence-electron chi connectivity index (χ4n) is 3.96. The van der Waals surface area contributed by atoms with Gasteiger partial charge in [0.25, 0.3) is 0 Å². The Kier molecular flexibility index (Phi) is 9.67. The highest BCUT2D eigenvalue weighted by Crippen LogP contribution is 2.27. The molecule has 8 nitrogen and oxygen atoms in total. The van der Waals surface area contributed by atoms with Gasteiger partial charge in [-0.25, -0.2) is 4.79 Å². The third-order valence-electron chi connectivity index (χ3n) is 5.61. The summed E-state index contributed by atoms with van der Waals surface area (Å²) in [7, 11) is 3.08. The standard InChI is InChI=1S/C21H31N5O3.HI/c1-22-20(23-13-15-7-9-17(10-8-15)25-21(28)29-2)24-18-11-12-26(14-18)19(27)16-5-3-4-6-16;/h7-10,16,18H,3-6,11-14H2,1-2H3,(H,25,28)(H2,22,23,24);1H. The number of nitrogens with zero attached hydrogens (tertiary/aromatic N) is 2. The van der Waals surface area contributed by atoms with Crippen molar-refractivity contribution in [3.05, 3.63) is 29.8 Å². The second-order valence-corrected chi connectivity index (χ2v) is 7.63. The molecule has 3 rings (SSSR count). The summed E-state index contributed by atoms with van der Waals surface area (Å²) in [5, 5.41) is 9.36. The van der Waals surface area contributed by atoms with Crippen LogP contribution in [0.3, 0.4) is 0 Å². The number of benzene rings is 1. The maximum absolute atomic E-state index is 12.6. The van der Waals surface area contributed by atoms with Crippen LogP contribution in [0.1, 0.15) is 37.7 Å². The number of carbonyl (C=O) groups is 2. The molecule has 2 amide bonds. The molecule has 166 valence electrons. The van der Waals surface area contributed by atoms with Gasteiger partial charge < -0.3 is 20.3 Å². The Labute approximate surface area is 195 Å². The lowest BCUT2D eigenvalue weighted by atomic mass is 10.1. The first kappa shape index (κ1) is 24.2. The van der Waals surface area contributed by atoms with Crippen LogP contribution in [0.2, 0.25) is 0 Å². The van der Waals surface area contributed by atoms with Gasteiger partial charge in [-0.05, 0) is 37.0 Å². The van der Waals surface area contributed by atoms with Crippen LogP contribution in [0.5, 0.6) is 0 Å². The summed E-state index contributed by atoms with van der Waals surface area (Å²) in [4.78, 5) is 30.1. The monoisotopic (exact) mass is 529 g/mol. The van der Waals surface area contributed by atoms with Crippen LogP contribution in [0, 0.1) is 5.92 Å². The molecule has 1 aliphatic heterocycles. The second-order valence-electron chi connectivity index (χ2n) is 7.63. The predicted octanol–water partition coefficient (Wildman–Crippen LogP) is 2.94. The molecule has 1 saturated carbocycles. The quantitative estimate of drug-likeness (QED) is 0.310. The van der Waals surface area contributed by atoms with Crippen LogP contribution in [0.25, 0.3) is 0 Å². The molecule has 3 N–H and O–H groups in total. The van der Waals surface area contributed by atoms with Gasteiger partial charge in [-0.2, -0.15) is 0 Å². The predicted molar refractivity (Wildman–Crippen MR) is 128 cm³/mol. The number of anilines is 1. The summed E-state index contributed by atoms with van der Waals surface area (Å²) < 4.78 is 4.58. The van der Waals surface area contributed by atoms with Crippen molar-refractivity contribution in [3.8, 4) is 0 Å². The maximum atomic E-state index is 12.6. The third kappa shape index (κ3) is 6.75. The molecule has 30 heavy (non-hydrogen) atoms. The Balaban J connectivity index is 0.00000320. The molecular weight excluding hydrogens is 497 g/mol. The lowest BCUT2D eigenvalue weighted by Gasteiger charge is -2.21. The van der Waals surface area contributed by atoms with Gasteiger partial charge in [-0.1, -0.05) is 25.0 Å². The average molecular weight is 529 g/mol. The van der Waals surface area contributed by atoms with E-state index in [0.717, 1.165) is 43.9 Å². The average Bonchev–Trinajstić information content (AvgIpc) is 3.44. The summed E-state index contributed by atoms with van der Waals surface area (Å²) in [6.45, 7) is 2.16. The first-order valence-corrected chi connectivity index (χ1v) is 10.3. The van der Waals surface area contributed by atoms with E-state index in [1.807, 2.05) is 29.2 Å². The number of hydrogen-bond acceptors (Lipinski definition) is 4. The first-order valence-electron chi connectivity index (χ1n) is 10.3. The second kappa shape index (κ2) is 12.0. The van der Waals surface area contributed by atoms with Gasteiger partial charge in [0, 0.05) is 44.3 Å². The zero-order valence-electron chi connectivity index (χ0n) is 17.6. The first-order chi connectivity index (χ1) is 14.1. The normalized spacial score (nSPS) is 19.2. The number of amides is 2. The molecule has 0 aromatic heterocycles. The third-order valence-corrected chi connectivity index (χ3v) is 5.61. The van der Waals surface area contributed by atoms with Gasteiger partial charge in [0.05, 0.1) is 7.11 Å². The molecule has 0 radical (unpaired) electrons. The fraction of sp³-hybridized carbons (Fsp3) is 0.571. The van der Waals surface area contributed by atoms with E-state index in [2.05, 4.69) is 25.7 Å². The van der Waals surface area contributed by atoms with Crippen molar-refractivity contribution in [2.45, 2.75) is 44.7 Å². The molecule has 0 bridgehead atoms. The van der Waals surface area contributed by atoms with Crippen LogP contribution in [-0.2, 0) is 16.1 Å². The van der Waals surface area contributed by atoms with E-state index in [0.29, 0.717) is 18.1 Å². The summed E-state index contributed by atoms with van der Waals surface area (Å²) in [5.74, 6) is 1.29. The highest BCUT2D eigenvalue weighted by molar-refractivity contribution is 14.0. The van der Waals surface area contributed by atoms with E-state index in [1.165, 1.54) is 20.0 Å². The van der Waals surface area contributed by atoms with Crippen LogP contribution in [-0.4, -0.2) is 56.1 Å². The van der Waals surface area contributed by atoms with Crippen molar-refractivity contribution in [3.63, 3.8) is 0 Å². The number of aliphatic imine (C=N–C) groups is 1. The van der Waals surface area contributed by atoms with Crippen LogP contribution < -0.4 is 16.0 Å². The van der Waals surface area contributed by atoms with E-state index in [4.69, 9.17) is 0 Å². The zero-order chi connectivity index (χ0) is 20.6. The molecule has 1 atom stereocenters. The number of rotatable bonds is 5. The van der Waals surface area contributed by atoms with Gasteiger partial charge in [0.1, 0.15) is 0 Å². The molecule has 1 aromatic rings. The van der Waals surface area contributed by atoms with Gasteiger partial charge in [-0.15, -0.1) is 24.0 Å². The Morgan fingerprint density at radius 2 is 1.87 bits per heavy atom. The molecule has 1 unspecified atom stereocenters. The number of likely N-dealkylation sites (tertiary alicyclic amines) is 1. The van der Waals surface area contributed by atoms with Crippen LogP contribution >= 0.6 is 24.0 Å². The van der Waals surface area contributed by atoms with E-state index in [-0.39, 0.29) is 35.9 Å². The minimum absolute atomic E-state index is 0. The van der Waals surface area contributed by atoms with E-state index in [9.17, 15) is 9.59 Å². The number of ether oxygens (including phenoxy) is 1. The smallest absolute Gasteiger partial charge is 0.411 e. The minimum atomic E-state index is -0.488. The van der Waals surface area contributed by atoms with Crippen molar-refractivity contribution in [1.82, 2.24) is 15.5 Å². The Morgan fingerprint density at radius 3 is 2.50 bits per heavy atom. The van der Waals surface area contributed by atoms with Crippen LogP contribution in [0.15, 0.2) is 29.3 Å². The molecule has 1 saturated heterocycles. The summed E-state index contributed by atoms with van der Waals surface area (Å²) in [6.07, 6.45) is 4.91. The molecule has 2 aliphatic rings. The number of halogens is 1. The summed E-state index contributed by atoms with van der Waals surface area (Å²) in [5.41, 5.74) is 1.74. The number of methoxy groups -OCH3 is 1. The molecule has 0 spiro atoms. The fourth-order valence-corrected chi connectivity index (χ4v) is 3.96. The van der Waals surface area contributed by atoms with Gasteiger partial charge in [0.15, 0.2) is 5.96 Å². The van der Waals surface area contributed by atoms with Crippen LogP contribution in [0.4, 0.5) is 10.5 Å². The highest BCUT2D eigenvalue weighted by Gasteiger charge is 2.32. The number of guanidine groups is 1. The zero-order valence-corrected chi connectivity index (χ0v) is 20.0. The molecule has 1 aromatic carbocycles. The van der Waals surface area contributed by atoms with Crippen molar-refractivity contribution < 1.29 is 14.3 Å². The summed E-state index contributed by atoms with van der Waals surface area (Å²) in [6, 6.07) is 7.74. The van der Waals surface area contributed by atoms with Crippen molar-refractivity contribution >= 4 is 47.6 Å². The lowest BCUT2D eigenvalue weighted by Crippen LogP contribution is -2.45. The molecular formula is C21H32IN5O3. The molecule has 2 fully saturated rings. The Bertz CT molecular complexity index is 735. The van der Waals surface area contributed by atoms with E-state index < -0.39 is 6.09 Å². The van der Waals surface area contributed by atoms with Gasteiger partial charge >= 0.3 is 6.09 Å². The topological polar surface area (TPSA) is 95.1 Å².